The molecule has 0 saturated heterocycles. The molecule has 0 bridgehead atoms. The largest absolute Gasteiger partial charge is 0.352 e. The van der Waals surface area contributed by atoms with Gasteiger partial charge in [-0.2, -0.15) is 5.26 Å². The van der Waals surface area contributed by atoms with Gasteiger partial charge in [0, 0.05) is 12.5 Å². The third kappa shape index (κ3) is 1.99. The monoisotopic (exact) mass is 240 g/mol. The summed E-state index contributed by atoms with van der Waals surface area (Å²) in [7, 11) is 0. The average Bonchev–Trinajstić information content (AvgIpc) is 2.89. The number of fused-ring (bicyclic) bond motifs is 1. The highest BCUT2D eigenvalue weighted by Crippen LogP contribution is 2.57. The summed E-state index contributed by atoms with van der Waals surface area (Å²) >= 11 is 0. The van der Waals surface area contributed by atoms with Gasteiger partial charge in [-0.3, -0.25) is 4.79 Å². The molecule has 3 heteroatoms. The van der Waals surface area contributed by atoms with Crippen LogP contribution in [0.4, 0.5) is 0 Å². The molecule has 1 N–H and O–H groups in total. The lowest BCUT2D eigenvalue weighted by molar-refractivity contribution is -0.123. The number of amides is 1. The Labute approximate surface area is 107 Å². The molecule has 2 aliphatic rings. The topological polar surface area (TPSA) is 52.9 Å². The number of nitrogens with one attached hydrogen (secondary N) is 1. The van der Waals surface area contributed by atoms with Crippen molar-refractivity contribution in [2.24, 2.45) is 17.8 Å². The molecule has 18 heavy (non-hydrogen) atoms. The molecule has 0 radical (unpaired) electrons. The number of hydrogen-bond donors (Lipinski definition) is 1. The molecule has 0 aromatic heterocycles. The van der Waals surface area contributed by atoms with Crippen molar-refractivity contribution in [1.29, 1.82) is 5.26 Å². The Morgan fingerprint density at radius 1 is 1.39 bits per heavy atom. The number of nitrogens with zero attached hydrogens (tertiary/aromatic N) is 1. The molecule has 0 aliphatic heterocycles. The lowest BCUT2D eigenvalue weighted by Crippen LogP contribution is -2.26. The summed E-state index contributed by atoms with van der Waals surface area (Å²) in [4.78, 5) is 12.0. The first-order valence-electron chi connectivity index (χ1n) is 6.56. The predicted octanol–water partition coefficient (Wildman–Crippen LogP) is 2.22. The molecule has 3 rings (SSSR count). The number of rotatable bonds is 3. The Balaban J connectivity index is 1.55. The van der Waals surface area contributed by atoms with E-state index < -0.39 is 0 Å². The highest BCUT2D eigenvalue weighted by atomic mass is 16.2. The summed E-state index contributed by atoms with van der Waals surface area (Å²) < 4.78 is 0. The van der Waals surface area contributed by atoms with E-state index in [1.54, 1.807) is 6.07 Å². The zero-order chi connectivity index (χ0) is 12.5. The highest BCUT2D eigenvalue weighted by Gasteiger charge is 2.56. The Morgan fingerprint density at radius 3 is 2.89 bits per heavy atom. The molecule has 2 unspecified atom stereocenters. The zero-order valence-electron chi connectivity index (χ0n) is 10.2. The first kappa shape index (κ1) is 11.3. The fourth-order valence-corrected chi connectivity index (χ4v) is 3.27. The van der Waals surface area contributed by atoms with Gasteiger partial charge in [-0.1, -0.05) is 18.6 Å². The van der Waals surface area contributed by atoms with Gasteiger partial charge in [-0.25, -0.2) is 0 Å². The second-order valence-corrected chi connectivity index (χ2v) is 5.31. The van der Waals surface area contributed by atoms with E-state index in [2.05, 4.69) is 11.4 Å². The van der Waals surface area contributed by atoms with E-state index in [0.717, 1.165) is 5.56 Å². The lowest BCUT2D eigenvalue weighted by Gasteiger charge is -2.06. The van der Waals surface area contributed by atoms with Crippen molar-refractivity contribution in [1.82, 2.24) is 5.32 Å². The van der Waals surface area contributed by atoms with E-state index in [-0.39, 0.29) is 11.8 Å². The van der Waals surface area contributed by atoms with Crippen LogP contribution in [0.2, 0.25) is 0 Å². The van der Waals surface area contributed by atoms with Crippen LogP contribution in [0, 0.1) is 29.1 Å². The Bertz CT molecular complexity index is 507. The van der Waals surface area contributed by atoms with E-state index in [0.29, 0.717) is 23.9 Å². The summed E-state index contributed by atoms with van der Waals surface area (Å²) in [5.74, 6) is 1.80. The molecular formula is C15H16N2O. The maximum atomic E-state index is 12.0. The summed E-state index contributed by atoms with van der Waals surface area (Å²) in [6.07, 6.45) is 3.75. The van der Waals surface area contributed by atoms with Crippen molar-refractivity contribution in [2.45, 2.75) is 25.8 Å². The van der Waals surface area contributed by atoms with Crippen LogP contribution >= 0.6 is 0 Å². The van der Waals surface area contributed by atoms with Gasteiger partial charge >= 0.3 is 0 Å². The van der Waals surface area contributed by atoms with E-state index in [1.807, 2.05) is 18.2 Å². The molecule has 2 atom stereocenters. The summed E-state index contributed by atoms with van der Waals surface area (Å²) in [5, 5.41) is 11.8. The minimum atomic E-state index is 0.201. The first-order valence-corrected chi connectivity index (χ1v) is 6.56. The quantitative estimate of drug-likeness (QED) is 0.880. The Hall–Kier alpha value is -1.82. The highest BCUT2D eigenvalue weighted by molar-refractivity contribution is 5.82. The number of carbonyl (C=O) groups excluding carboxylic acids is 1. The van der Waals surface area contributed by atoms with Crippen molar-refractivity contribution in [3.63, 3.8) is 0 Å². The van der Waals surface area contributed by atoms with Crippen molar-refractivity contribution in [3.8, 4) is 6.07 Å². The number of benzene rings is 1. The molecular weight excluding hydrogens is 224 g/mol. The normalized spacial score (nSPS) is 28.3. The van der Waals surface area contributed by atoms with Crippen molar-refractivity contribution < 1.29 is 4.79 Å². The molecule has 2 fully saturated rings. The molecule has 2 aliphatic carbocycles. The third-order valence-electron chi connectivity index (χ3n) is 4.23. The van der Waals surface area contributed by atoms with Gasteiger partial charge in [0.05, 0.1) is 11.6 Å². The van der Waals surface area contributed by atoms with Gasteiger partial charge in [0.2, 0.25) is 5.91 Å². The standard InChI is InChI=1S/C15H16N2O/c16-8-10-3-1-4-11(7-10)9-17-15(18)14-12-5-2-6-13(12)14/h1,3-4,7,12-14H,2,5-6,9H2,(H,17,18). The van der Waals surface area contributed by atoms with Gasteiger partial charge in [-0.15, -0.1) is 0 Å². The molecule has 92 valence electrons. The minimum Gasteiger partial charge on any atom is -0.352 e. The zero-order valence-corrected chi connectivity index (χ0v) is 10.2. The molecule has 2 saturated carbocycles. The number of carbonyl (C=O) groups is 1. The van der Waals surface area contributed by atoms with Gasteiger partial charge in [0.25, 0.3) is 0 Å². The fraction of sp³-hybridized carbons (Fsp3) is 0.467. The van der Waals surface area contributed by atoms with E-state index in [1.165, 1.54) is 19.3 Å². The lowest BCUT2D eigenvalue weighted by atomic mass is 10.1. The van der Waals surface area contributed by atoms with Crippen LogP contribution in [-0.4, -0.2) is 5.91 Å². The smallest absolute Gasteiger partial charge is 0.223 e. The van der Waals surface area contributed by atoms with Gasteiger partial charge in [0.1, 0.15) is 0 Å². The number of nitriles is 1. The van der Waals surface area contributed by atoms with Gasteiger partial charge in [-0.05, 0) is 42.4 Å². The summed E-state index contributed by atoms with van der Waals surface area (Å²) in [6, 6.07) is 9.50. The third-order valence-corrected chi connectivity index (χ3v) is 4.23. The molecule has 1 amide bonds. The first-order chi connectivity index (χ1) is 8.79. The van der Waals surface area contributed by atoms with Crippen molar-refractivity contribution in [3.05, 3.63) is 35.4 Å². The minimum absolute atomic E-state index is 0.201. The summed E-state index contributed by atoms with van der Waals surface area (Å²) in [6.45, 7) is 0.532. The maximum absolute atomic E-state index is 12.0. The molecule has 3 nitrogen and oxygen atoms in total. The van der Waals surface area contributed by atoms with Crippen molar-refractivity contribution >= 4 is 5.91 Å². The molecule has 0 heterocycles. The van der Waals surface area contributed by atoms with Crippen LogP contribution in [0.5, 0.6) is 0 Å². The predicted molar refractivity (Wildman–Crippen MR) is 67.3 cm³/mol. The van der Waals surface area contributed by atoms with Crippen LogP contribution in [-0.2, 0) is 11.3 Å². The Kier molecular flexibility index (Phi) is 2.79. The van der Waals surface area contributed by atoms with E-state index >= 15 is 0 Å². The maximum Gasteiger partial charge on any atom is 0.223 e. The second kappa shape index (κ2) is 4.45. The average molecular weight is 240 g/mol. The van der Waals surface area contributed by atoms with E-state index in [4.69, 9.17) is 5.26 Å². The number of hydrogen-bond acceptors (Lipinski definition) is 2. The molecule has 1 aromatic carbocycles. The van der Waals surface area contributed by atoms with Crippen LogP contribution in [0.25, 0.3) is 0 Å². The van der Waals surface area contributed by atoms with Crippen LogP contribution < -0.4 is 5.32 Å². The van der Waals surface area contributed by atoms with Gasteiger partial charge in [0.15, 0.2) is 0 Å². The van der Waals surface area contributed by atoms with Crippen LogP contribution in [0.3, 0.4) is 0 Å². The SMILES string of the molecule is N#Cc1cccc(CNC(=O)C2C3CCCC32)c1. The summed E-state index contributed by atoms with van der Waals surface area (Å²) in [5.41, 5.74) is 1.64. The van der Waals surface area contributed by atoms with Gasteiger partial charge < -0.3 is 5.32 Å². The van der Waals surface area contributed by atoms with E-state index in [9.17, 15) is 4.79 Å². The molecule has 1 aromatic rings. The Morgan fingerprint density at radius 2 is 2.17 bits per heavy atom. The second-order valence-electron chi connectivity index (χ2n) is 5.31. The van der Waals surface area contributed by atoms with Crippen molar-refractivity contribution in [2.75, 3.05) is 0 Å². The fourth-order valence-electron chi connectivity index (χ4n) is 3.27. The molecule has 0 spiro atoms. The van der Waals surface area contributed by atoms with Crippen LogP contribution in [0.1, 0.15) is 30.4 Å². The van der Waals surface area contributed by atoms with Crippen LogP contribution in [0.15, 0.2) is 24.3 Å².